The van der Waals surface area contributed by atoms with Gasteiger partial charge in [0.2, 0.25) is 10.0 Å². The summed E-state index contributed by atoms with van der Waals surface area (Å²) in [7, 11) is -1.51. The highest BCUT2D eigenvalue weighted by Gasteiger charge is 2.55. The zero-order chi connectivity index (χ0) is 17.6. The molecule has 0 amide bonds. The number of rotatable bonds is 4. The predicted molar refractivity (Wildman–Crippen MR) is 80.6 cm³/mol. The van der Waals surface area contributed by atoms with Crippen LogP contribution in [0.5, 0.6) is 0 Å². The summed E-state index contributed by atoms with van der Waals surface area (Å²) >= 11 is 1.30. The number of sulfonamides is 1. The lowest BCUT2D eigenvalue weighted by Crippen LogP contribution is -2.43. The number of halogens is 3. The minimum atomic E-state index is -4.57. The van der Waals surface area contributed by atoms with Crippen molar-refractivity contribution in [3.63, 3.8) is 0 Å². The van der Waals surface area contributed by atoms with Crippen molar-refractivity contribution in [1.29, 1.82) is 0 Å². The maximum Gasteiger partial charge on any atom is 0.394 e. The first-order valence-electron chi connectivity index (χ1n) is 6.96. The van der Waals surface area contributed by atoms with Gasteiger partial charge in [0.25, 0.3) is 0 Å². The maximum absolute atomic E-state index is 13.3. The first kappa shape index (κ1) is 18.6. The van der Waals surface area contributed by atoms with Crippen molar-refractivity contribution in [3.8, 4) is 0 Å². The molecule has 1 fully saturated rings. The molecule has 6 nitrogen and oxygen atoms in total. The van der Waals surface area contributed by atoms with Crippen molar-refractivity contribution >= 4 is 21.4 Å². The number of hydrogen-bond donors (Lipinski definition) is 0. The highest BCUT2D eigenvalue weighted by Crippen LogP contribution is 2.40. The molecule has 1 saturated heterocycles. The number of hydrogen-bond acceptors (Lipinski definition) is 6. The van der Waals surface area contributed by atoms with Crippen LogP contribution in [0.2, 0.25) is 0 Å². The van der Waals surface area contributed by atoms with Gasteiger partial charge in [-0.15, -0.1) is 21.5 Å². The van der Waals surface area contributed by atoms with E-state index in [1.165, 1.54) is 30.3 Å². The van der Waals surface area contributed by atoms with E-state index >= 15 is 0 Å². The number of alkyl halides is 3. The van der Waals surface area contributed by atoms with Gasteiger partial charge < -0.3 is 0 Å². The van der Waals surface area contributed by atoms with Crippen LogP contribution in [0.25, 0.3) is 0 Å². The van der Waals surface area contributed by atoms with Crippen molar-refractivity contribution in [1.82, 2.24) is 19.4 Å². The second-order valence-electron chi connectivity index (χ2n) is 5.80. The minimum absolute atomic E-state index is 0.176. The van der Waals surface area contributed by atoms with Gasteiger partial charge in [-0.25, -0.2) is 12.7 Å². The van der Waals surface area contributed by atoms with Gasteiger partial charge in [-0.1, -0.05) is 0 Å². The molecule has 23 heavy (non-hydrogen) atoms. The lowest BCUT2D eigenvalue weighted by atomic mass is 10.1. The molecule has 1 aliphatic heterocycles. The Bertz CT molecular complexity index is 660. The van der Waals surface area contributed by atoms with Gasteiger partial charge in [-0.2, -0.15) is 13.2 Å². The SMILES string of the molecule is Cc1nnc(C(C)N2C[C@@H](C(F)(F)F)[C@H](S(=O)(=O)N(C)C)C2)s1. The molecule has 0 spiro atoms. The number of nitrogens with zero attached hydrogens (tertiary/aromatic N) is 4. The van der Waals surface area contributed by atoms with Gasteiger partial charge in [0.15, 0.2) is 0 Å². The Morgan fingerprint density at radius 1 is 1.30 bits per heavy atom. The molecular weight excluding hydrogens is 353 g/mol. The van der Waals surface area contributed by atoms with Gasteiger partial charge in [-0.3, -0.25) is 4.90 Å². The lowest BCUT2D eigenvalue weighted by Gasteiger charge is -2.24. The smallest absolute Gasteiger partial charge is 0.292 e. The van der Waals surface area contributed by atoms with Crippen LogP contribution in [0, 0.1) is 12.8 Å². The molecule has 132 valence electrons. The molecule has 0 saturated carbocycles. The third-order valence-corrected chi connectivity index (χ3v) is 7.32. The van der Waals surface area contributed by atoms with Gasteiger partial charge >= 0.3 is 6.18 Å². The normalized spacial score (nSPS) is 25.2. The van der Waals surface area contributed by atoms with Crippen molar-refractivity contribution < 1.29 is 21.6 Å². The summed E-state index contributed by atoms with van der Waals surface area (Å²) in [5.74, 6) is -1.91. The third-order valence-electron chi connectivity index (χ3n) is 4.05. The summed E-state index contributed by atoms with van der Waals surface area (Å²) in [6, 6.07) is -0.409. The summed E-state index contributed by atoms with van der Waals surface area (Å²) in [5.41, 5.74) is 0. The highest BCUT2D eigenvalue weighted by atomic mass is 32.2. The Kier molecular flexibility index (Phi) is 5.05. The molecule has 1 aromatic rings. The van der Waals surface area contributed by atoms with Crippen LogP contribution in [0.4, 0.5) is 13.2 Å². The second kappa shape index (κ2) is 6.26. The molecule has 2 heterocycles. The van der Waals surface area contributed by atoms with E-state index in [1.54, 1.807) is 13.8 Å². The number of likely N-dealkylation sites (tertiary alicyclic amines) is 1. The van der Waals surface area contributed by atoms with E-state index in [-0.39, 0.29) is 13.1 Å². The van der Waals surface area contributed by atoms with E-state index in [0.717, 1.165) is 9.31 Å². The molecule has 1 aromatic heterocycles. The fourth-order valence-corrected chi connectivity index (χ4v) is 5.01. The molecule has 0 aliphatic carbocycles. The van der Waals surface area contributed by atoms with E-state index in [9.17, 15) is 21.6 Å². The Morgan fingerprint density at radius 3 is 2.35 bits per heavy atom. The van der Waals surface area contributed by atoms with Crippen molar-refractivity contribution in [3.05, 3.63) is 10.0 Å². The topological polar surface area (TPSA) is 66.4 Å². The average molecular weight is 372 g/mol. The van der Waals surface area contributed by atoms with Crippen LogP contribution >= 0.6 is 11.3 Å². The summed E-state index contributed by atoms with van der Waals surface area (Å²) < 4.78 is 65.3. The zero-order valence-corrected chi connectivity index (χ0v) is 14.8. The van der Waals surface area contributed by atoms with Crippen LogP contribution in [-0.4, -0.2) is 66.4 Å². The predicted octanol–water partition coefficient (Wildman–Crippen LogP) is 1.66. The molecule has 0 radical (unpaired) electrons. The number of aryl methyl sites for hydroxylation is 1. The van der Waals surface area contributed by atoms with Crippen LogP contribution in [0.15, 0.2) is 0 Å². The molecule has 0 bridgehead atoms. The van der Waals surface area contributed by atoms with Gasteiger partial charge in [0, 0.05) is 27.2 Å². The number of aromatic nitrogens is 2. The van der Waals surface area contributed by atoms with Crippen LogP contribution < -0.4 is 0 Å². The standard InChI is InChI=1S/C12H19F3N4O2S2/c1-7(11-17-16-8(2)22-11)19-5-9(12(13,14)15)10(6-19)23(20,21)18(3)4/h7,9-10H,5-6H2,1-4H3/t7?,9-,10-/m1/s1. The molecule has 11 heteroatoms. The fourth-order valence-electron chi connectivity index (χ4n) is 2.64. The molecule has 2 rings (SSSR count). The zero-order valence-electron chi connectivity index (χ0n) is 13.2. The van der Waals surface area contributed by atoms with Crippen LogP contribution in [0.1, 0.15) is 23.0 Å². The maximum atomic E-state index is 13.3. The Labute approximate surface area is 137 Å². The van der Waals surface area contributed by atoms with E-state index in [2.05, 4.69) is 10.2 Å². The minimum Gasteiger partial charge on any atom is -0.292 e. The summed E-state index contributed by atoms with van der Waals surface area (Å²) in [4.78, 5) is 1.52. The molecule has 1 unspecified atom stereocenters. The molecular formula is C12H19F3N4O2S2. The van der Waals surface area contributed by atoms with Gasteiger partial charge in [-0.05, 0) is 13.8 Å². The van der Waals surface area contributed by atoms with Gasteiger partial charge in [0.05, 0.1) is 12.0 Å². The first-order valence-corrected chi connectivity index (χ1v) is 9.28. The molecule has 1 aliphatic rings. The van der Waals surface area contributed by atoms with E-state index in [1.807, 2.05) is 0 Å². The highest BCUT2D eigenvalue weighted by molar-refractivity contribution is 7.89. The largest absolute Gasteiger partial charge is 0.394 e. The van der Waals surface area contributed by atoms with Crippen molar-refractivity contribution in [2.75, 3.05) is 27.2 Å². The van der Waals surface area contributed by atoms with Crippen LogP contribution in [0.3, 0.4) is 0 Å². The summed E-state index contributed by atoms with van der Waals surface area (Å²) in [6.45, 7) is 2.94. The average Bonchev–Trinajstić information content (AvgIpc) is 3.03. The monoisotopic (exact) mass is 372 g/mol. The third kappa shape index (κ3) is 3.67. The van der Waals surface area contributed by atoms with E-state index < -0.39 is 33.4 Å². The van der Waals surface area contributed by atoms with Crippen molar-refractivity contribution in [2.24, 2.45) is 5.92 Å². The fraction of sp³-hybridized carbons (Fsp3) is 0.833. The quantitative estimate of drug-likeness (QED) is 0.804. The Morgan fingerprint density at radius 2 is 1.91 bits per heavy atom. The van der Waals surface area contributed by atoms with Gasteiger partial charge in [0.1, 0.15) is 15.3 Å². The summed E-state index contributed by atoms with van der Waals surface area (Å²) in [5, 5.41) is 7.62. The Hall–Kier alpha value is -0.780. The van der Waals surface area contributed by atoms with E-state index in [4.69, 9.17) is 0 Å². The second-order valence-corrected chi connectivity index (χ2v) is 9.38. The van der Waals surface area contributed by atoms with Crippen molar-refractivity contribution in [2.45, 2.75) is 31.3 Å². The molecule has 0 aromatic carbocycles. The first-order chi connectivity index (χ1) is 10.4. The molecule has 3 atom stereocenters. The summed E-state index contributed by atoms with van der Waals surface area (Å²) in [6.07, 6.45) is -4.57. The molecule has 0 N–H and O–H groups in total. The Balaban J connectivity index is 2.30. The lowest BCUT2D eigenvalue weighted by molar-refractivity contribution is -0.170. The van der Waals surface area contributed by atoms with Crippen LogP contribution in [-0.2, 0) is 10.0 Å². The van der Waals surface area contributed by atoms with E-state index in [0.29, 0.717) is 5.01 Å².